The highest BCUT2D eigenvalue weighted by molar-refractivity contribution is 5.82. The first-order chi connectivity index (χ1) is 15.6. The second kappa shape index (κ2) is 9.85. The maximum atomic E-state index is 12.8. The summed E-state index contributed by atoms with van der Waals surface area (Å²) in [7, 11) is 1.62. The molecule has 3 aromatic rings. The van der Waals surface area contributed by atoms with Crippen molar-refractivity contribution in [2.45, 2.75) is 45.2 Å². The van der Waals surface area contributed by atoms with Gasteiger partial charge in [-0.25, -0.2) is 4.98 Å². The number of para-hydroxylation sites is 3. The van der Waals surface area contributed by atoms with Gasteiger partial charge in [-0.15, -0.1) is 0 Å². The molecule has 2 heterocycles. The third kappa shape index (κ3) is 4.77. The Bertz CT molecular complexity index is 1100. The molecule has 1 aromatic heterocycles. The Morgan fingerprint density at radius 3 is 2.56 bits per heavy atom. The summed E-state index contributed by atoms with van der Waals surface area (Å²) >= 11 is 0. The summed E-state index contributed by atoms with van der Waals surface area (Å²) in [5.74, 6) is 1.73. The Morgan fingerprint density at radius 1 is 1.09 bits per heavy atom. The van der Waals surface area contributed by atoms with Gasteiger partial charge in [0.2, 0.25) is 11.8 Å². The number of hydrogen-bond acceptors (Lipinski definition) is 4. The lowest BCUT2D eigenvalue weighted by Crippen LogP contribution is -2.47. The zero-order chi connectivity index (χ0) is 22.5. The smallest absolute Gasteiger partial charge is 0.240 e. The number of benzene rings is 2. The molecule has 1 fully saturated rings. The molecule has 0 atom stereocenters. The molecule has 0 bridgehead atoms. The number of likely N-dealkylation sites (tertiary alicyclic amines) is 1. The van der Waals surface area contributed by atoms with Crippen LogP contribution in [-0.4, -0.2) is 52.5 Å². The fraction of sp³-hybridized carbons (Fsp3) is 0.400. The molecule has 7 heteroatoms. The Balaban J connectivity index is 1.30. The summed E-state index contributed by atoms with van der Waals surface area (Å²) in [6.45, 7) is 3.60. The van der Waals surface area contributed by atoms with Crippen molar-refractivity contribution >= 4 is 22.8 Å². The van der Waals surface area contributed by atoms with Crippen molar-refractivity contribution in [2.24, 2.45) is 0 Å². The van der Waals surface area contributed by atoms with Gasteiger partial charge < -0.3 is 19.5 Å². The molecule has 0 saturated carbocycles. The minimum absolute atomic E-state index is 0.0124. The summed E-state index contributed by atoms with van der Waals surface area (Å²) in [4.78, 5) is 32.0. The van der Waals surface area contributed by atoms with Gasteiger partial charge in [-0.1, -0.05) is 37.3 Å². The van der Waals surface area contributed by atoms with Crippen LogP contribution in [0.15, 0.2) is 48.5 Å². The van der Waals surface area contributed by atoms with Crippen molar-refractivity contribution < 1.29 is 14.3 Å². The van der Waals surface area contributed by atoms with Crippen molar-refractivity contribution in [2.75, 3.05) is 20.2 Å². The molecule has 0 radical (unpaired) electrons. The standard InChI is InChI=1S/C25H30N4O3/c1-3-23-27-20-9-5-6-10-21(20)29(23)17-24(30)26-19-12-14-28(15-13-19)25(31)16-18-8-4-7-11-22(18)32-2/h4-11,19H,3,12-17H2,1-2H3,(H,26,30). The van der Waals surface area contributed by atoms with Gasteiger partial charge in [-0.05, 0) is 31.0 Å². The molecule has 4 rings (SSSR count). The van der Waals surface area contributed by atoms with Gasteiger partial charge >= 0.3 is 0 Å². The number of rotatable bonds is 7. The van der Waals surface area contributed by atoms with Crippen LogP contribution in [0.5, 0.6) is 5.75 Å². The van der Waals surface area contributed by atoms with Gasteiger partial charge in [0.15, 0.2) is 0 Å². The van der Waals surface area contributed by atoms with Crippen molar-refractivity contribution in [3.8, 4) is 5.75 Å². The molecule has 7 nitrogen and oxygen atoms in total. The SMILES string of the molecule is CCc1nc2ccccc2n1CC(=O)NC1CCN(C(=O)Cc2ccccc2OC)CC1. The maximum absolute atomic E-state index is 12.8. The number of ether oxygens (including phenoxy) is 1. The van der Waals surface area contributed by atoms with Crippen LogP contribution in [0, 0.1) is 0 Å². The number of aryl methyl sites for hydroxylation is 1. The van der Waals surface area contributed by atoms with E-state index in [9.17, 15) is 9.59 Å². The van der Waals surface area contributed by atoms with E-state index in [0.29, 0.717) is 19.5 Å². The molecule has 2 aromatic carbocycles. The van der Waals surface area contributed by atoms with E-state index in [1.807, 2.05) is 64.9 Å². The predicted molar refractivity (Wildman–Crippen MR) is 124 cm³/mol. The maximum Gasteiger partial charge on any atom is 0.240 e. The molecule has 0 spiro atoms. The lowest BCUT2D eigenvalue weighted by atomic mass is 10.0. The summed E-state index contributed by atoms with van der Waals surface area (Å²) in [5, 5.41) is 3.16. The number of nitrogens with zero attached hydrogens (tertiary/aromatic N) is 3. The van der Waals surface area contributed by atoms with E-state index in [1.165, 1.54) is 0 Å². The van der Waals surface area contributed by atoms with E-state index < -0.39 is 0 Å². The second-order valence-electron chi connectivity index (χ2n) is 8.17. The summed E-state index contributed by atoms with van der Waals surface area (Å²) < 4.78 is 7.35. The van der Waals surface area contributed by atoms with Crippen LogP contribution in [0.25, 0.3) is 11.0 Å². The van der Waals surface area contributed by atoms with E-state index in [0.717, 1.165) is 47.4 Å². The Morgan fingerprint density at radius 2 is 1.81 bits per heavy atom. The average molecular weight is 435 g/mol. The van der Waals surface area contributed by atoms with Gasteiger partial charge in [0.05, 0.1) is 24.6 Å². The second-order valence-corrected chi connectivity index (χ2v) is 8.17. The zero-order valence-electron chi connectivity index (χ0n) is 18.7. The van der Waals surface area contributed by atoms with Crippen LogP contribution in [0.2, 0.25) is 0 Å². The lowest BCUT2D eigenvalue weighted by molar-refractivity contribution is -0.131. The molecule has 1 aliphatic heterocycles. The summed E-state index contributed by atoms with van der Waals surface area (Å²) in [5.41, 5.74) is 2.80. The minimum atomic E-state index is -0.0124. The van der Waals surface area contributed by atoms with Crippen LogP contribution in [0.4, 0.5) is 0 Å². The number of carbonyl (C=O) groups excluding carboxylic acids is 2. The molecule has 1 N–H and O–H groups in total. The third-order valence-corrected chi connectivity index (χ3v) is 6.10. The molecule has 1 saturated heterocycles. The minimum Gasteiger partial charge on any atom is -0.496 e. The number of hydrogen-bond donors (Lipinski definition) is 1. The molecule has 32 heavy (non-hydrogen) atoms. The fourth-order valence-corrected chi connectivity index (χ4v) is 4.39. The number of fused-ring (bicyclic) bond motifs is 1. The van der Waals surface area contributed by atoms with Crippen molar-refractivity contribution in [1.82, 2.24) is 19.8 Å². The highest BCUT2D eigenvalue weighted by Crippen LogP contribution is 2.20. The Labute approximate surface area is 188 Å². The van der Waals surface area contributed by atoms with Crippen LogP contribution < -0.4 is 10.1 Å². The third-order valence-electron chi connectivity index (χ3n) is 6.10. The molecule has 0 aliphatic carbocycles. The monoisotopic (exact) mass is 434 g/mol. The number of carbonyl (C=O) groups is 2. The van der Waals surface area contributed by atoms with Gasteiger partial charge in [0.25, 0.3) is 0 Å². The van der Waals surface area contributed by atoms with Gasteiger partial charge in [0.1, 0.15) is 18.1 Å². The van der Waals surface area contributed by atoms with Crippen LogP contribution in [0.3, 0.4) is 0 Å². The van der Waals surface area contributed by atoms with E-state index in [-0.39, 0.29) is 24.4 Å². The molecular formula is C25H30N4O3. The normalized spacial score (nSPS) is 14.5. The van der Waals surface area contributed by atoms with Crippen molar-refractivity contribution in [1.29, 1.82) is 0 Å². The number of piperidine rings is 1. The quantitative estimate of drug-likeness (QED) is 0.620. The predicted octanol–water partition coefficient (Wildman–Crippen LogP) is 2.96. The van der Waals surface area contributed by atoms with Crippen LogP contribution >= 0.6 is 0 Å². The Hall–Kier alpha value is -3.35. The largest absolute Gasteiger partial charge is 0.496 e. The number of amides is 2. The van der Waals surface area contributed by atoms with E-state index in [2.05, 4.69) is 10.3 Å². The van der Waals surface area contributed by atoms with Gasteiger partial charge in [0, 0.05) is 31.1 Å². The fourth-order valence-electron chi connectivity index (χ4n) is 4.39. The molecule has 168 valence electrons. The van der Waals surface area contributed by atoms with E-state index >= 15 is 0 Å². The molecule has 2 amide bonds. The number of methoxy groups -OCH3 is 1. The lowest BCUT2D eigenvalue weighted by Gasteiger charge is -2.32. The van der Waals surface area contributed by atoms with Crippen molar-refractivity contribution in [3.05, 3.63) is 59.9 Å². The zero-order valence-corrected chi connectivity index (χ0v) is 18.7. The van der Waals surface area contributed by atoms with Gasteiger partial charge in [-0.2, -0.15) is 0 Å². The van der Waals surface area contributed by atoms with Crippen LogP contribution in [0.1, 0.15) is 31.2 Å². The van der Waals surface area contributed by atoms with E-state index in [4.69, 9.17) is 4.74 Å². The highest BCUT2D eigenvalue weighted by Gasteiger charge is 2.25. The number of nitrogens with one attached hydrogen (secondary N) is 1. The molecular weight excluding hydrogens is 404 g/mol. The first-order valence-electron chi connectivity index (χ1n) is 11.2. The van der Waals surface area contributed by atoms with Gasteiger partial charge in [-0.3, -0.25) is 9.59 Å². The first-order valence-corrected chi connectivity index (χ1v) is 11.2. The van der Waals surface area contributed by atoms with Crippen LogP contribution in [-0.2, 0) is 29.0 Å². The topological polar surface area (TPSA) is 76.5 Å². The highest BCUT2D eigenvalue weighted by atomic mass is 16.5. The first kappa shape index (κ1) is 21.9. The number of imidazole rings is 1. The van der Waals surface area contributed by atoms with E-state index in [1.54, 1.807) is 7.11 Å². The summed E-state index contributed by atoms with van der Waals surface area (Å²) in [6.07, 6.45) is 2.62. The molecule has 0 unspecified atom stereocenters. The Kier molecular flexibility index (Phi) is 6.73. The number of aromatic nitrogens is 2. The summed E-state index contributed by atoms with van der Waals surface area (Å²) in [6, 6.07) is 15.6. The molecule has 1 aliphatic rings. The average Bonchev–Trinajstić information content (AvgIpc) is 3.17. The van der Waals surface area contributed by atoms with Crippen molar-refractivity contribution in [3.63, 3.8) is 0 Å².